The molecule has 0 bridgehead atoms. The monoisotopic (exact) mass is 326 g/mol. The van der Waals surface area contributed by atoms with Crippen molar-refractivity contribution >= 4 is 58.7 Å². The van der Waals surface area contributed by atoms with E-state index in [1.54, 1.807) is 0 Å². The largest absolute Gasteiger partial charge is 3.00 e. The van der Waals surface area contributed by atoms with Crippen LogP contribution in [0.2, 0.25) is 0 Å². The molecule has 0 unspecified atom stereocenters. The van der Waals surface area contributed by atoms with Gasteiger partial charge in [0.15, 0.2) is 0 Å². The molecule has 0 saturated heterocycles. The van der Waals surface area contributed by atoms with E-state index in [4.69, 9.17) is 0 Å². The second kappa shape index (κ2) is 13.2. The molecule has 0 atom stereocenters. The summed E-state index contributed by atoms with van der Waals surface area (Å²) in [6, 6.07) is 0. The van der Waals surface area contributed by atoms with Gasteiger partial charge in [0.25, 0.3) is 0 Å². The molecule has 0 aliphatic carbocycles. The summed E-state index contributed by atoms with van der Waals surface area (Å²) < 4.78 is 9.51. The van der Waals surface area contributed by atoms with Gasteiger partial charge >= 0.3 is 25.0 Å². The van der Waals surface area contributed by atoms with E-state index in [-0.39, 0.29) is 57.0 Å². The summed E-state index contributed by atoms with van der Waals surface area (Å²) in [4.78, 5) is 0. The van der Waals surface area contributed by atoms with Crippen molar-refractivity contribution in [1.29, 1.82) is 0 Å². The van der Waals surface area contributed by atoms with E-state index in [1.807, 2.05) is 0 Å². The van der Waals surface area contributed by atoms with Crippen molar-refractivity contribution in [1.82, 2.24) is 0 Å². The number of hydrogen-bond donors (Lipinski definition) is 0. The number of rotatable bonds is 0. The van der Waals surface area contributed by atoms with E-state index in [2.05, 4.69) is 33.7 Å². The van der Waals surface area contributed by atoms with Gasteiger partial charge in [-0.15, -0.1) is 0 Å². The first-order valence-electron chi connectivity index (χ1n) is 0.690. The van der Waals surface area contributed by atoms with Crippen LogP contribution in [0.3, 0.4) is 0 Å². The van der Waals surface area contributed by atoms with Crippen molar-refractivity contribution < 1.29 is 41.8 Å². The van der Waals surface area contributed by atoms with Crippen LogP contribution in [0.5, 0.6) is 0 Å². The topological polar surface area (TPSA) is 17.1 Å². The summed E-state index contributed by atoms with van der Waals surface area (Å²) in [5.74, 6) is 0. The van der Waals surface area contributed by atoms with Gasteiger partial charge in [0, 0.05) is 0 Å². The summed E-state index contributed by atoms with van der Waals surface area (Å²) >= 11 is 13.8. The second-order valence-corrected chi connectivity index (χ2v) is 7.04. The Labute approximate surface area is 99.6 Å². The normalized spacial score (nSPS) is 6.56. The average Bonchev–Trinajstić information content (AvgIpc) is 0.722. The minimum absolute atomic E-state index is 0. The van der Waals surface area contributed by atoms with Crippen LogP contribution < -0.4 is 37.2 Å². The third-order valence-electron chi connectivity index (χ3n) is 0. The first kappa shape index (κ1) is 29.9. The summed E-state index contributed by atoms with van der Waals surface area (Å²) in [6.45, 7) is 0. The molecule has 0 aliphatic rings. The Morgan fingerprint density at radius 1 is 0.889 bits per heavy atom. The molecule has 0 N–H and O–H groups in total. The minimum atomic E-state index is -3.22. The second-order valence-electron chi connectivity index (χ2n) is 0.399. The minimum Gasteiger partial charge on any atom is -1.00 e. The van der Waals surface area contributed by atoms with Gasteiger partial charge < -0.3 is 37.2 Å². The maximum Gasteiger partial charge on any atom is 3.00 e. The zero-order valence-corrected chi connectivity index (χ0v) is 11.6. The Hall–Kier alpha value is 2.61. The molecule has 0 aromatic heterocycles. The predicted octanol–water partition coefficient (Wildman–Crippen LogP) is -6.56. The van der Waals surface area contributed by atoms with Crippen LogP contribution in [0.4, 0.5) is 0 Å². The van der Waals surface area contributed by atoms with Gasteiger partial charge in [-0.1, -0.05) is 0 Å². The van der Waals surface area contributed by atoms with Crippen LogP contribution in [0, 0.1) is 0 Å². The van der Waals surface area contributed by atoms with E-state index >= 15 is 0 Å². The fourth-order valence-corrected chi connectivity index (χ4v) is 0. The van der Waals surface area contributed by atoms with Gasteiger partial charge in [-0.2, -0.15) is 0 Å². The quantitative estimate of drug-likeness (QED) is 0.319. The standard InChI is InChI=1S/Cl3OP.3ClH.Ga/c1-5(2,3)4;;;;/h;3*1H;/q;;;;+3/p-3. The fraction of sp³-hybridized carbons (Fsp3) is 0. The molecule has 0 heterocycles. The molecule has 0 rings (SSSR count). The Morgan fingerprint density at radius 3 is 0.889 bits per heavy atom. The Balaban J connectivity index is -0.0000000133. The van der Waals surface area contributed by atoms with E-state index in [1.165, 1.54) is 0 Å². The smallest absolute Gasteiger partial charge is 1.00 e. The van der Waals surface area contributed by atoms with E-state index < -0.39 is 5.20 Å². The molecule has 0 fully saturated rings. The molecule has 0 radical (unpaired) electrons. The number of halogens is 6. The van der Waals surface area contributed by atoms with Crippen LogP contribution >= 0.6 is 38.9 Å². The van der Waals surface area contributed by atoms with Crippen molar-refractivity contribution in [3.8, 4) is 0 Å². The van der Waals surface area contributed by atoms with Gasteiger partial charge in [0.2, 0.25) is 0 Å². The van der Waals surface area contributed by atoms with E-state index in [9.17, 15) is 4.57 Å². The summed E-state index contributed by atoms with van der Waals surface area (Å²) in [5, 5.41) is -3.22. The van der Waals surface area contributed by atoms with Gasteiger partial charge in [0.05, 0.1) is 0 Å². The van der Waals surface area contributed by atoms with Crippen molar-refractivity contribution in [3.63, 3.8) is 0 Å². The molecule has 9 heavy (non-hydrogen) atoms. The van der Waals surface area contributed by atoms with Crippen LogP contribution in [-0.4, -0.2) is 19.8 Å². The molecule has 0 aromatic rings. The molecule has 0 aliphatic heterocycles. The van der Waals surface area contributed by atoms with E-state index in [0.29, 0.717) is 0 Å². The van der Waals surface area contributed by atoms with Crippen LogP contribution in [0.15, 0.2) is 0 Å². The molecule has 0 aromatic carbocycles. The van der Waals surface area contributed by atoms with Gasteiger partial charge in [-0.05, 0) is 33.7 Å². The average molecular weight is 329 g/mol. The first-order valence-corrected chi connectivity index (χ1v) is 5.11. The SMILES string of the molecule is O=P(Cl)(Cl)Cl.[Cl-].[Cl-].[Cl-].[Ga+3]. The predicted molar refractivity (Wildman–Crippen MR) is 30.9 cm³/mol. The van der Waals surface area contributed by atoms with Crippen molar-refractivity contribution in [3.05, 3.63) is 0 Å². The van der Waals surface area contributed by atoms with Crippen LogP contribution in [-0.2, 0) is 4.57 Å². The Morgan fingerprint density at radius 2 is 0.889 bits per heavy atom. The fourth-order valence-electron chi connectivity index (χ4n) is 0. The van der Waals surface area contributed by atoms with Gasteiger partial charge in [-0.3, -0.25) is 4.57 Å². The van der Waals surface area contributed by atoms with Gasteiger partial charge in [-0.25, -0.2) is 0 Å². The molecule has 0 saturated carbocycles. The van der Waals surface area contributed by atoms with Crippen LogP contribution in [0.1, 0.15) is 0 Å². The van der Waals surface area contributed by atoms with Crippen molar-refractivity contribution in [2.24, 2.45) is 0 Å². The molecule has 1 nitrogen and oxygen atoms in total. The summed E-state index contributed by atoms with van der Waals surface area (Å²) in [5.41, 5.74) is 0. The zero-order chi connectivity index (χ0) is 4.50. The molecule has 0 amide bonds. The Bertz CT molecular complexity index is 59.2. The third-order valence-corrected chi connectivity index (χ3v) is 0. The van der Waals surface area contributed by atoms with E-state index in [0.717, 1.165) is 0 Å². The maximum absolute atomic E-state index is 9.51. The third kappa shape index (κ3) is 116. The molecule has 0 spiro atoms. The number of hydrogen-bond acceptors (Lipinski definition) is 1. The molecular formula is Cl6GaOP. The van der Waals surface area contributed by atoms with Crippen LogP contribution in [0.25, 0.3) is 0 Å². The molecule has 56 valence electrons. The van der Waals surface area contributed by atoms with Crippen molar-refractivity contribution in [2.75, 3.05) is 0 Å². The van der Waals surface area contributed by atoms with Gasteiger partial charge in [0.1, 0.15) is 0 Å². The first-order chi connectivity index (χ1) is 2.00. The zero-order valence-electron chi connectivity index (χ0n) is 3.70. The molecule has 9 heteroatoms. The molecular weight excluding hydrogens is 329 g/mol. The van der Waals surface area contributed by atoms with Crippen molar-refractivity contribution in [2.45, 2.75) is 0 Å². The Kier molecular flexibility index (Phi) is 43.9. The summed E-state index contributed by atoms with van der Waals surface area (Å²) in [6.07, 6.45) is 0. The maximum atomic E-state index is 9.51. The summed E-state index contributed by atoms with van der Waals surface area (Å²) in [7, 11) is 0.